The molecule has 0 unspecified atom stereocenters. The van der Waals surface area contributed by atoms with Crippen molar-refractivity contribution in [3.05, 3.63) is 62.8 Å². The van der Waals surface area contributed by atoms with Gasteiger partial charge in [0.25, 0.3) is 0 Å². The van der Waals surface area contributed by atoms with E-state index in [1.54, 1.807) is 12.1 Å². The van der Waals surface area contributed by atoms with Crippen LogP contribution < -0.4 is 10.1 Å². The molecule has 0 radical (unpaired) electrons. The summed E-state index contributed by atoms with van der Waals surface area (Å²) < 4.78 is 8.60. The zero-order chi connectivity index (χ0) is 21.8. The Hall–Kier alpha value is -2.03. The number of carbonyl (C=O) groups excluding carboxylic acids is 1. The number of halogens is 2. The first-order valence-corrected chi connectivity index (χ1v) is 11.4. The lowest BCUT2D eigenvalue weighted by atomic mass is 10.1. The molecule has 1 amide bonds. The van der Waals surface area contributed by atoms with Crippen LogP contribution in [0.4, 0.5) is 5.69 Å². The molecular weight excluding hydrogens is 488 g/mol. The number of aromatic nitrogens is 3. The number of thioether (sulfide) groups is 1. The van der Waals surface area contributed by atoms with Gasteiger partial charge in [0.05, 0.1) is 16.5 Å². The minimum absolute atomic E-state index is 0.117. The molecule has 0 aliphatic rings. The predicted octanol–water partition coefficient (Wildman–Crippen LogP) is 5.72. The van der Waals surface area contributed by atoms with Crippen molar-refractivity contribution in [2.75, 3.05) is 11.1 Å². The van der Waals surface area contributed by atoms with Crippen LogP contribution in [0.1, 0.15) is 30.0 Å². The van der Waals surface area contributed by atoms with Gasteiger partial charge in [-0.1, -0.05) is 35.5 Å². The van der Waals surface area contributed by atoms with Gasteiger partial charge < -0.3 is 14.6 Å². The van der Waals surface area contributed by atoms with Gasteiger partial charge in [0, 0.05) is 11.5 Å². The molecule has 2 aromatic carbocycles. The van der Waals surface area contributed by atoms with E-state index in [2.05, 4.69) is 31.4 Å². The van der Waals surface area contributed by atoms with E-state index in [1.807, 2.05) is 56.7 Å². The van der Waals surface area contributed by atoms with E-state index in [4.69, 9.17) is 16.3 Å². The highest BCUT2D eigenvalue weighted by Crippen LogP contribution is 2.29. The van der Waals surface area contributed by atoms with Crippen LogP contribution in [0.3, 0.4) is 0 Å². The van der Waals surface area contributed by atoms with E-state index in [9.17, 15) is 4.79 Å². The first kappa shape index (κ1) is 22.7. The number of hydrogen-bond acceptors (Lipinski definition) is 5. The Morgan fingerprint density at radius 1 is 1.27 bits per heavy atom. The maximum Gasteiger partial charge on any atom is 0.234 e. The lowest BCUT2D eigenvalue weighted by molar-refractivity contribution is -0.113. The van der Waals surface area contributed by atoms with Crippen LogP contribution in [0.15, 0.2) is 46.0 Å². The number of benzene rings is 2. The van der Waals surface area contributed by atoms with Crippen molar-refractivity contribution in [3.63, 3.8) is 0 Å². The maximum atomic E-state index is 12.4. The minimum atomic E-state index is -0.350. The Bertz CT molecular complexity index is 1070. The SMILES string of the molecule is Cc1cc(Br)c(NC(=O)CSc2nnc([C@H](C)Oc3ccccc3Cl)n2C)cc1C. The second-order valence-electron chi connectivity index (χ2n) is 6.84. The Kier molecular flexibility index (Phi) is 7.44. The molecule has 158 valence electrons. The molecule has 1 aromatic heterocycles. The molecule has 0 bridgehead atoms. The first-order valence-electron chi connectivity index (χ1n) is 9.26. The van der Waals surface area contributed by atoms with Gasteiger partial charge in [0.15, 0.2) is 17.1 Å². The van der Waals surface area contributed by atoms with Crippen molar-refractivity contribution in [3.8, 4) is 5.75 Å². The zero-order valence-corrected chi connectivity index (χ0v) is 20.2. The van der Waals surface area contributed by atoms with E-state index < -0.39 is 0 Å². The van der Waals surface area contributed by atoms with Gasteiger partial charge in [0.1, 0.15) is 5.75 Å². The fourth-order valence-corrected chi connectivity index (χ4v) is 4.24. The summed E-state index contributed by atoms with van der Waals surface area (Å²) in [7, 11) is 1.85. The second-order valence-corrected chi connectivity index (χ2v) is 9.05. The molecule has 0 fully saturated rings. The number of anilines is 1. The van der Waals surface area contributed by atoms with Crippen molar-refractivity contribution in [2.45, 2.75) is 32.0 Å². The molecule has 0 aliphatic carbocycles. The molecular formula is C21H22BrClN4O2S. The Morgan fingerprint density at radius 2 is 1.97 bits per heavy atom. The number of carbonyl (C=O) groups is 1. The van der Waals surface area contributed by atoms with Crippen LogP contribution in [0, 0.1) is 13.8 Å². The molecule has 9 heteroatoms. The van der Waals surface area contributed by atoms with Crippen molar-refractivity contribution >= 4 is 50.9 Å². The van der Waals surface area contributed by atoms with Gasteiger partial charge in [0.2, 0.25) is 5.91 Å². The van der Waals surface area contributed by atoms with Gasteiger partial charge in [-0.3, -0.25) is 4.79 Å². The van der Waals surface area contributed by atoms with Crippen LogP contribution in [0.5, 0.6) is 5.75 Å². The fourth-order valence-electron chi connectivity index (χ4n) is 2.78. The van der Waals surface area contributed by atoms with E-state index >= 15 is 0 Å². The molecule has 0 aliphatic heterocycles. The number of ether oxygens (including phenoxy) is 1. The van der Waals surface area contributed by atoms with Gasteiger partial charge >= 0.3 is 0 Å². The van der Waals surface area contributed by atoms with E-state index in [0.29, 0.717) is 21.8 Å². The van der Waals surface area contributed by atoms with E-state index in [1.165, 1.54) is 11.8 Å². The number of nitrogens with zero attached hydrogens (tertiary/aromatic N) is 3. The van der Waals surface area contributed by atoms with Crippen LogP contribution in [-0.4, -0.2) is 26.4 Å². The molecule has 0 saturated heterocycles. The van der Waals surface area contributed by atoms with Crippen LogP contribution in [-0.2, 0) is 11.8 Å². The smallest absolute Gasteiger partial charge is 0.234 e. The predicted molar refractivity (Wildman–Crippen MR) is 124 cm³/mol. The summed E-state index contributed by atoms with van der Waals surface area (Å²) in [5.74, 6) is 1.33. The summed E-state index contributed by atoms with van der Waals surface area (Å²) in [6.07, 6.45) is -0.350. The summed E-state index contributed by atoms with van der Waals surface area (Å²) in [5, 5.41) is 12.5. The van der Waals surface area contributed by atoms with Crippen LogP contribution >= 0.6 is 39.3 Å². The highest BCUT2D eigenvalue weighted by atomic mass is 79.9. The van der Waals surface area contributed by atoms with Crippen molar-refractivity contribution in [2.24, 2.45) is 7.05 Å². The average Bonchev–Trinajstić information content (AvgIpc) is 3.07. The lowest BCUT2D eigenvalue weighted by Gasteiger charge is -2.15. The molecule has 0 spiro atoms. The van der Waals surface area contributed by atoms with Crippen molar-refractivity contribution < 1.29 is 9.53 Å². The fraction of sp³-hybridized carbons (Fsp3) is 0.286. The Balaban J connectivity index is 1.62. The van der Waals surface area contributed by atoms with E-state index in [-0.39, 0.29) is 17.8 Å². The molecule has 1 heterocycles. The lowest BCUT2D eigenvalue weighted by Crippen LogP contribution is -2.15. The van der Waals surface area contributed by atoms with Gasteiger partial charge in [-0.25, -0.2) is 0 Å². The third-order valence-electron chi connectivity index (χ3n) is 4.56. The minimum Gasteiger partial charge on any atom is -0.481 e. The number of hydrogen-bond donors (Lipinski definition) is 1. The molecule has 3 aromatic rings. The summed E-state index contributed by atoms with van der Waals surface area (Å²) in [4.78, 5) is 12.4. The largest absolute Gasteiger partial charge is 0.481 e. The highest BCUT2D eigenvalue weighted by Gasteiger charge is 2.19. The standard InChI is InChI=1S/C21H22BrClN4O2S/c1-12-9-15(22)17(10-13(12)2)24-19(28)11-30-21-26-25-20(27(21)4)14(3)29-18-8-6-5-7-16(18)23/h5-10,14H,11H2,1-4H3,(H,24,28)/t14-/m0/s1. The summed E-state index contributed by atoms with van der Waals surface area (Å²) >= 11 is 11.0. The highest BCUT2D eigenvalue weighted by molar-refractivity contribution is 9.10. The van der Waals surface area contributed by atoms with Crippen molar-refractivity contribution in [1.29, 1.82) is 0 Å². The van der Waals surface area contributed by atoms with Gasteiger partial charge in [-0.05, 0) is 72.1 Å². The summed E-state index contributed by atoms with van der Waals surface area (Å²) in [5.41, 5.74) is 3.03. The molecule has 3 rings (SSSR count). The summed E-state index contributed by atoms with van der Waals surface area (Å²) in [6.45, 7) is 5.93. The number of amides is 1. The topological polar surface area (TPSA) is 69.0 Å². The molecule has 1 atom stereocenters. The number of nitrogens with one attached hydrogen (secondary N) is 1. The van der Waals surface area contributed by atoms with Crippen LogP contribution in [0.25, 0.3) is 0 Å². The zero-order valence-electron chi connectivity index (χ0n) is 17.1. The number of aryl methyl sites for hydroxylation is 2. The quantitative estimate of drug-likeness (QED) is 0.413. The second kappa shape index (κ2) is 9.85. The van der Waals surface area contributed by atoms with Crippen LogP contribution in [0.2, 0.25) is 5.02 Å². The van der Waals surface area contributed by atoms with E-state index in [0.717, 1.165) is 21.3 Å². The third-order valence-corrected chi connectivity index (χ3v) is 6.55. The molecule has 1 N–H and O–H groups in total. The van der Waals surface area contributed by atoms with Gasteiger partial charge in [-0.2, -0.15) is 0 Å². The Labute approximate surface area is 193 Å². The van der Waals surface area contributed by atoms with Crippen molar-refractivity contribution in [1.82, 2.24) is 14.8 Å². The number of para-hydroxylation sites is 1. The maximum absolute atomic E-state index is 12.4. The Morgan fingerprint density at radius 3 is 2.70 bits per heavy atom. The number of rotatable bonds is 7. The molecule has 30 heavy (non-hydrogen) atoms. The normalized spacial score (nSPS) is 11.9. The van der Waals surface area contributed by atoms with Gasteiger partial charge in [-0.15, -0.1) is 10.2 Å². The molecule has 0 saturated carbocycles. The summed E-state index contributed by atoms with van der Waals surface area (Å²) in [6, 6.07) is 11.2. The first-order chi connectivity index (χ1) is 14.3. The molecule has 6 nitrogen and oxygen atoms in total. The third kappa shape index (κ3) is 5.36. The average molecular weight is 510 g/mol. The monoisotopic (exact) mass is 508 g/mol.